The lowest BCUT2D eigenvalue weighted by Crippen LogP contribution is -2.23. The maximum Gasteiger partial charge on any atom is 0.00103 e. The molecule has 0 aromatic rings. The van der Waals surface area contributed by atoms with E-state index in [0.717, 1.165) is 13.0 Å². The molecule has 0 saturated heterocycles. The molecule has 1 N–H and O–H groups in total. The van der Waals surface area contributed by atoms with Crippen molar-refractivity contribution >= 4 is 0 Å². The van der Waals surface area contributed by atoms with E-state index in [2.05, 4.69) is 38.2 Å². The van der Waals surface area contributed by atoms with Crippen LogP contribution in [0.1, 0.15) is 40.0 Å². The summed E-state index contributed by atoms with van der Waals surface area (Å²) in [6.07, 6.45) is 8.14. The van der Waals surface area contributed by atoms with Gasteiger partial charge in [-0.3, -0.25) is 0 Å². The summed E-state index contributed by atoms with van der Waals surface area (Å²) in [6, 6.07) is 0.630. The number of hydrogen-bond acceptors (Lipinski definition) is 1. The molecule has 0 heterocycles. The molecule has 0 fully saturated rings. The third-order valence-electron chi connectivity index (χ3n) is 1.50. The summed E-state index contributed by atoms with van der Waals surface area (Å²) < 4.78 is 0. The molecule has 0 radical (unpaired) electrons. The first-order chi connectivity index (χ1) is 5.27. The third-order valence-corrected chi connectivity index (χ3v) is 1.50. The standard InChI is InChI=1S/C10H21N/c1-4-5-6-7-8-9-11-10(2)3/h5-6,10-11H,4,7-9H2,1-3H3/b6-5-. The first kappa shape index (κ1) is 10.7. The molecule has 0 amide bonds. The second-order valence-electron chi connectivity index (χ2n) is 3.13. The van der Waals surface area contributed by atoms with Crippen LogP contribution in [0.15, 0.2) is 12.2 Å². The van der Waals surface area contributed by atoms with Gasteiger partial charge in [-0.15, -0.1) is 0 Å². The summed E-state index contributed by atoms with van der Waals surface area (Å²) >= 11 is 0. The maximum absolute atomic E-state index is 3.39. The lowest BCUT2D eigenvalue weighted by Gasteiger charge is -2.05. The first-order valence-corrected chi connectivity index (χ1v) is 4.65. The molecular formula is C10H21N. The molecule has 11 heavy (non-hydrogen) atoms. The fourth-order valence-electron chi connectivity index (χ4n) is 0.895. The fraction of sp³-hybridized carbons (Fsp3) is 0.800. The minimum Gasteiger partial charge on any atom is -0.315 e. The van der Waals surface area contributed by atoms with Crippen molar-refractivity contribution in [2.45, 2.75) is 46.1 Å². The molecule has 0 aliphatic heterocycles. The molecule has 66 valence electrons. The predicted molar refractivity (Wildman–Crippen MR) is 51.8 cm³/mol. The van der Waals surface area contributed by atoms with Crippen molar-refractivity contribution in [2.24, 2.45) is 0 Å². The van der Waals surface area contributed by atoms with Crippen LogP contribution in [0, 0.1) is 0 Å². The minimum atomic E-state index is 0.630. The largest absolute Gasteiger partial charge is 0.315 e. The van der Waals surface area contributed by atoms with Gasteiger partial charge in [-0.05, 0) is 25.8 Å². The fourth-order valence-corrected chi connectivity index (χ4v) is 0.895. The SMILES string of the molecule is CC/C=C\CCCNC(C)C. The number of allylic oxidation sites excluding steroid dienone is 2. The van der Waals surface area contributed by atoms with E-state index in [-0.39, 0.29) is 0 Å². The van der Waals surface area contributed by atoms with Crippen LogP contribution in [-0.4, -0.2) is 12.6 Å². The Kier molecular flexibility index (Phi) is 7.59. The smallest absolute Gasteiger partial charge is 0.00103 e. The van der Waals surface area contributed by atoms with Crippen molar-refractivity contribution in [3.05, 3.63) is 12.2 Å². The van der Waals surface area contributed by atoms with E-state index in [4.69, 9.17) is 0 Å². The molecule has 0 aromatic heterocycles. The number of hydrogen-bond donors (Lipinski definition) is 1. The molecule has 1 nitrogen and oxygen atoms in total. The van der Waals surface area contributed by atoms with Crippen molar-refractivity contribution in [1.29, 1.82) is 0 Å². The molecule has 0 aromatic carbocycles. The topological polar surface area (TPSA) is 12.0 Å². The number of nitrogens with one attached hydrogen (secondary N) is 1. The van der Waals surface area contributed by atoms with Gasteiger partial charge in [0.2, 0.25) is 0 Å². The zero-order chi connectivity index (χ0) is 8.53. The Balaban J connectivity index is 2.96. The van der Waals surface area contributed by atoms with Gasteiger partial charge in [-0.1, -0.05) is 32.9 Å². The average Bonchev–Trinajstić information content (AvgIpc) is 1.96. The summed E-state index contributed by atoms with van der Waals surface area (Å²) in [7, 11) is 0. The molecule has 0 unspecified atom stereocenters. The first-order valence-electron chi connectivity index (χ1n) is 4.65. The van der Waals surface area contributed by atoms with Crippen molar-refractivity contribution in [3.8, 4) is 0 Å². The van der Waals surface area contributed by atoms with E-state index < -0.39 is 0 Å². The van der Waals surface area contributed by atoms with Gasteiger partial charge in [0.15, 0.2) is 0 Å². The van der Waals surface area contributed by atoms with Gasteiger partial charge in [0.25, 0.3) is 0 Å². The Morgan fingerprint density at radius 1 is 1.27 bits per heavy atom. The van der Waals surface area contributed by atoms with E-state index in [1.165, 1.54) is 12.8 Å². The van der Waals surface area contributed by atoms with Gasteiger partial charge in [0, 0.05) is 6.04 Å². The molecule has 0 aliphatic rings. The average molecular weight is 155 g/mol. The van der Waals surface area contributed by atoms with E-state index in [1.54, 1.807) is 0 Å². The van der Waals surface area contributed by atoms with Crippen LogP contribution in [0.3, 0.4) is 0 Å². The van der Waals surface area contributed by atoms with E-state index in [9.17, 15) is 0 Å². The van der Waals surface area contributed by atoms with E-state index in [1.807, 2.05) is 0 Å². The Bertz CT molecular complexity index is 95.0. The zero-order valence-corrected chi connectivity index (χ0v) is 8.06. The number of unbranched alkanes of at least 4 members (excludes halogenated alkanes) is 1. The summed E-state index contributed by atoms with van der Waals surface area (Å²) in [5.41, 5.74) is 0. The molecule has 1 heteroatoms. The summed E-state index contributed by atoms with van der Waals surface area (Å²) in [5.74, 6) is 0. The highest BCUT2D eigenvalue weighted by Crippen LogP contribution is 1.91. The molecular weight excluding hydrogens is 134 g/mol. The Morgan fingerprint density at radius 3 is 2.55 bits per heavy atom. The van der Waals surface area contributed by atoms with Crippen LogP contribution < -0.4 is 5.32 Å². The Morgan fingerprint density at radius 2 is 2.00 bits per heavy atom. The zero-order valence-electron chi connectivity index (χ0n) is 8.06. The summed E-state index contributed by atoms with van der Waals surface area (Å²) in [4.78, 5) is 0. The normalized spacial score (nSPS) is 11.6. The van der Waals surface area contributed by atoms with Crippen LogP contribution in [-0.2, 0) is 0 Å². The van der Waals surface area contributed by atoms with Crippen LogP contribution in [0.25, 0.3) is 0 Å². The van der Waals surface area contributed by atoms with Crippen molar-refractivity contribution in [1.82, 2.24) is 5.32 Å². The summed E-state index contributed by atoms with van der Waals surface area (Å²) in [5, 5.41) is 3.39. The van der Waals surface area contributed by atoms with Gasteiger partial charge in [0.05, 0.1) is 0 Å². The minimum absolute atomic E-state index is 0.630. The van der Waals surface area contributed by atoms with E-state index in [0.29, 0.717) is 6.04 Å². The molecule has 0 spiro atoms. The van der Waals surface area contributed by atoms with Crippen LogP contribution in [0.2, 0.25) is 0 Å². The van der Waals surface area contributed by atoms with Crippen LogP contribution in [0.5, 0.6) is 0 Å². The Hall–Kier alpha value is -0.300. The van der Waals surface area contributed by atoms with E-state index >= 15 is 0 Å². The second-order valence-corrected chi connectivity index (χ2v) is 3.13. The van der Waals surface area contributed by atoms with Crippen LogP contribution >= 0.6 is 0 Å². The molecule has 0 saturated carbocycles. The lowest BCUT2D eigenvalue weighted by molar-refractivity contribution is 0.573. The van der Waals surface area contributed by atoms with Gasteiger partial charge < -0.3 is 5.32 Å². The lowest BCUT2D eigenvalue weighted by atomic mass is 10.2. The van der Waals surface area contributed by atoms with Crippen LogP contribution in [0.4, 0.5) is 0 Å². The maximum atomic E-state index is 3.39. The van der Waals surface area contributed by atoms with Gasteiger partial charge in [0.1, 0.15) is 0 Å². The number of rotatable bonds is 6. The van der Waals surface area contributed by atoms with Crippen molar-refractivity contribution in [3.63, 3.8) is 0 Å². The summed E-state index contributed by atoms with van der Waals surface area (Å²) in [6.45, 7) is 7.68. The molecule has 0 aliphatic carbocycles. The molecule has 0 rings (SSSR count). The quantitative estimate of drug-likeness (QED) is 0.459. The monoisotopic (exact) mass is 155 g/mol. The highest BCUT2D eigenvalue weighted by molar-refractivity contribution is 4.79. The van der Waals surface area contributed by atoms with Gasteiger partial charge in [-0.2, -0.15) is 0 Å². The highest BCUT2D eigenvalue weighted by atomic mass is 14.9. The third kappa shape index (κ3) is 9.70. The predicted octanol–water partition coefficient (Wildman–Crippen LogP) is 2.73. The van der Waals surface area contributed by atoms with Gasteiger partial charge >= 0.3 is 0 Å². The van der Waals surface area contributed by atoms with Crippen molar-refractivity contribution in [2.75, 3.05) is 6.54 Å². The second kappa shape index (κ2) is 7.80. The Labute approximate surface area is 70.9 Å². The molecule has 0 atom stereocenters. The van der Waals surface area contributed by atoms with Gasteiger partial charge in [-0.25, -0.2) is 0 Å². The van der Waals surface area contributed by atoms with Crippen molar-refractivity contribution < 1.29 is 0 Å². The highest BCUT2D eigenvalue weighted by Gasteiger charge is 1.88. The molecule has 0 bridgehead atoms.